The van der Waals surface area contributed by atoms with Crippen LogP contribution in [0.3, 0.4) is 0 Å². The fraction of sp³-hybridized carbons (Fsp3) is 0.581. The third kappa shape index (κ3) is 8.64. The van der Waals surface area contributed by atoms with Crippen LogP contribution in [0.2, 0.25) is 0 Å². The van der Waals surface area contributed by atoms with Gasteiger partial charge in [-0.25, -0.2) is 0 Å². The van der Waals surface area contributed by atoms with E-state index in [9.17, 15) is 4.79 Å². The Morgan fingerprint density at radius 1 is 0.811 bits per heavy atom. The quantitative estimate of drug-likeness (QED) is 0.297. The molecule has 0 aliphatic carbocycles. The maximum absolute atomic E-state index is 13.7. The van der Waals surface area contributed by atoms with Crippen molar-refractivity contribution in [1.82, 2.24) is 9.80 Å². The summed E-state index contributed by atoms with van der Waals surface area (Å²) in [5, 5.41) is 0. The minimum Gasteiger partial charge on any atom is -0.305 e. The molecule has 1 saturated heterocycles. The standard InChI is InChI=1S/C25H31N3O.3C2H6.I2/c1-25(2)17-21-10-6-9-20-11-12-22(24(29)28(25)23(20)21)27-15-13-26(14-16-27)18-19-7-4-3-5-8-19;4*1-2/h3-10,22H,11-18H2,1-2H3;3*1-2H3;. The van der Waals surface area contributed by atoms with Gasteiger partial charge >= 0.3 is 0 Å². The van der Waals surface area contributed by atoms with Crippen molar-refractivity contribution in [2.75, 3.05) is 31.1 Å². The molecule has 0 N–H and O–H groups in total. The van der Waals surface area contributed by atoms with Crippen LogP contribution in [0.1, 0.15) is 78.5 Å². The normalized spacial score (nSPS) is 19.8. The molecule has 0 radical (unpaired) electrons. The number of rotatable bonds is 3. The monoisotopic (exact) mass is 733 g/mol. The lowest BCUT2D eigenvalue weighted by molar-refractivity contribution is -0.125. The molecule has 1 fully saturated rings. The first kappa shape index (κ1) is 34.3. The summed E-state index contributed by atoms with van der Waals surface area (Å²) in [5.41, 5.74) is 5.15. The van der Waals surface area contributed by atoms with Crippen LogP contribution in [-0.4, -0.2) is 53.5 Å². The van der Waals surface area contributed by atoms with Gasteiger partial charge < -0.3 is 4.90 Å². The largest absolute Gasteiger partial charge is 0.305 e. The minimum absolute atomic E-state index is 0.00602. The highest BCUT2D eigenvalue weighted by Crippen LogP contribution is 2.44. The molecule has 0 saturated carbocycles. The van der Waals surface area contributed by atoms with Crippen LogP contribution in [0, 0.1) is 0 Å². The number of hydrogen-bond donors (Lipinski definition) is 0. The van der Waals surface area contributed by atoms with E-state index in [0.717, 1.165) is 52.0 Å². The molecule has 0 bridgehead atoms. The zero-order valence-corrected chi connectivity index (χ0v) is 28.7. The van der Waals surface area contributed by atoms with E-state index in [1.807, 2.05) is 41.5 Å². The lowest BCUT2D eigenvalue weighted by atomic mass is 9.96. The summed E-state index contributed by atoms with van der Waals surface area (Å²) in [4.78, 5) is 20.8. The number of aryl methyl sites for hydroxylation is 1. The zero-order chi connectivity index (χ0) is 28.0. The van der Waals surface area contributed by atoms with E-state index in [1.165, 1.54) is 22.4 Å². The average molecular weight is 734 g/mol. The highest BCUT2D eigenvalue weighted by atomic mass is 128. The Hall–Kier alpha value is -0.710. The van der Waals surface area contributed by atoms with Crippen molar-refractivity contribution in [2.24, 2.45) is 0 Å². The van der Waals surface area contributed by atoms with Crippen LogP contribution in [0.25, 0.3) is 0 Å². The summed E-state index contributed by atoms with van der Waals surface area (Å²) in [5.74, 6) is 0.315. The van der Waals surface area contributed by atoms with Gasteiger partial charge in [-0.1, -0.05) is 90.1 Å². The number of hydrogen-bond acceptors (Lipinski definition) is 3. The first-order valence-electron chi connectivity index (χ1n) is 14.1. The molecule has 37 heavy (non-hydrogen) atoms. The lowest BCUT2D eigenvalue weighted by Crippen LogP contribution is -2.58. The lowest BCUT2D eigenvalue weighted by Gasteiger charge is -2.41. The Morgan fingerprint density at radius 2 is 1.38 bits per heavy atom. The molecule has 5 rings (SSSR count). The Labute approximate surface area is 250 Å². The van der Waals surface area contributed by atoms with Gasteiger partial charge in [-0.2, -0.15) is 0 Å². The summed E-state index contributed by atoms with van der Waals surface area (Å²) in [6.07, 6.45) is 2.89. The van der Waals surface area contributed by atoms with Crippen molar-refractivity contribution in [3.63, 3.8) is 0 Å². The third-order valence-corrected chi connectivity index (χ3v) is 6.94. The van der Waals surface area contributed by atoms with Gasteiger partial charge in [0, 0.05) is 75.5 Å². The third-order valence-electron chi connectivity index (χ3n) is 6.94. The van der Waals surface area contributed by atoms with Gasteiger partial charge in [0.2, 0.25) is 5.91 Å². The van der Waals surface area contributed by atoms with Gasteiger partial charge in [-0.05, 0) is 49.8 Å². The number of halogens is 2. The van der Waals surface area contributed by atoms with Crippen LogP contribution < -0.4 is 4.90 Å². The molecule has 1 atom stereocenters. The number of carbonyl (C=O) groups is 1. The predicted molar refractivity (Wildman–Crippen MR) is 179 cm³/mol. The Morgan fingerprint density at radius 3 is 1.97 bits per heavy atom. The van der Waals surface area contributed by atoms with Crippen LogP contribution in [0.15, 0.2) is 48.5 Å². The molecule has 0 aromatic heterocycles. The van der Waals surface area contributed by atoms with E-state index in [4.69, 9.17) is 0 Å². The van der Waals surface area contributed by atoms with Crippen molar-refractivity contribution in [1.29, 1.82) is 0 Å². The van der Waals surface area contributed by atoms with Gasteiger partial charge in [-0.3, -0.25) is 14.6 Å². The zero-order valence-electron chi connectivity index (χ0n) is 24.4. The molecule has 3 aliphatic rings. The van der Waals surface area contributed by atoms with E-state index < -0.39 is 0 Å². The van der Waals surface area contributed by atoms with Crippen molar-refractivity contribution in [3.8, 4) is 0 Å². The van der Waals surface area contributed by atoms with Gasteiger partial charge in [-0.15, -0.1) is 0 Å². The molecule has 208 valence electrons. The van der Waals surface area contributed by atoms with Crippen LogP contribution >= 0.6 is 37.2 Å². The number of anilines is 1. The summed E-state index contributed by atoms with van der Waals surface area (Å²) in [7, 11) is 0. The number of amides is 1. The summed E-state index contributed by atoms with van der Waals surface area (Å²) < 4.78 is 0. The molecule has 3 heterocycles. The predicted octanol–water partition coefficient (Wildman–Crippen LogP) is 8.34. The molecular weight excluding hydrogens is 684 g/mol. The summed E-state index contributed by atoms with van der Waals surface area (Å²) in [6.45, 7) is 21.4. The molecule has 1 amide bonds. The molecule has 3 aliphatic heterocycles. The average Bonchev–Trinajstić information content (AvgIpc) is 3.14. The first-order chi connectivity index (χ1) is 18.0. The van der Waals surface area contributed by atoms with Crippen molar-refractivity contribution < 1.29 is 4.79 Å². The van der Waals surface area contributed by atoms with Crippen molar-refractivity contribution >= 4 is 48.8 Å². The highest BCUT2D eigenvalue weighted by molar-refractivity contribution is 15.0. The molecule has 6 heteroatoms. The topological polar surface area (TPSA) is 26.8 Å². The van der Waals surface area contributed by atoms with Crippen LogP contribution in [0.4, 0.5) is 5.69 Å². The van der Waals surface area contributed by atoms with E-state index in [2.05, 4.69) is 114 Å². The fourth-order valence-electron chi connectivity index (χ4n) is 5.51. The number of para-hydroxylation sites is 1. The molecule has 2 aromatic carbocycles. The minimum atomic E-state index is -0.132. The SMILES string of the molecule is CC.CC.CC.CC1(C)Cc2cccc3c2N1C(=O)C(N1CCN(Cc2ccccc2)CC1)CC3.II. The molecular formula is C31H49I2N3O. The molecule has 4 nitrogen and oxygen atoms in total. The molecule has 2 aromatic rings. The summed E-state index contributed by atoms with van der Waals surface area (Å²) >= 11 is 4.24. The van der Waals surface area contributed by atoms with Crippen molar-refractivity contribution in [3.05, 3.63) is 65.2 Å². The van der Waals surface area contributed by atoms with Crippen LogP contribution in [-0.2, 0) is 24.2 Å². The second kappa shape index (κ2) is 17.8. The van der Waals surface area contributed by atoms with E-state index >= 15 is 0 Å². The van der Waals surface area contributed by atoms with Crippen LogP contribution in [0.5, 0.6) is 0 Å². The maximum Gasteiger partial charge on any atom is 0.244 e. The Kier molecular flexibility index (Phi) is 16.5. The van der Waals surface area contributed by atoms with E-state index in [0.29, 0.717) is 5.91 Å². The van der Waals surface area contributed by atoms with Gasteiger partial charge in [0.15, 0.2) is 0 Å². The van der Waals surface area contributed by atoms with Gasteiger partial charge in [0.05, 0.1) is 11.7 Å². The number of carbonyl (C=O) groups excluding carboxylic acids is 1. The second-order valence-electron chi connectivity index (χ2n) is 9.44. The second-order valence-corrected chi connectivity index (χ2v) is 9.44. The Bertz CT molecular complexity index is 912. The van der Waals surface area contributed by atoms with E-state index in [1.54, 1.807) is 0 Å². The van der Waals surface area contributed by atoms with Gasteiger partial charge in [0.1, 0.15) is 0 Å². The number of benzene rings is 2. The van der Waals surface area contributed by atoms with Crippen molar-refractivity contribution in [2.45, 2.75) is 92.8 Å². The Balaban J connectivity index is 0.000000784. The number of nitrogens with zero attached hydrogens (tertiary/aromatic N) is 3. The smallest absolute Gasteiger partial charge is 0.244 e. The molecule has 0 spiro atoms. The van der Waals surface area contributed by atoms with Gasteiger partial charge in [0.25, 0.3) is 0 Å². The fourth-order valence-corrected chi connectivity index (χ4v) is 5.51. The number of piperazine rings is 1. The first-order valence-corrected chi connectivity index (χ1v) is 20.4. The molecule has 1 unspecified atom stereocenters. The maximum atomic E-state index is 13.7. The highest BCUT2D eigenvalue weighted by Gasteiger charge is 2.46. The summed E-state index contributed by atoms with van der Waals surface area (Å²) in [6, 6.07) is 17.3. The van der Waals surface area contributed by atoms with E-state index in [-0.39, 0.29) is 11.6 Å².